The highest BCUT2D eigenvalue weighted by atomic mass is 32.1. The number of para-hydroxylation sites is 1. The molecule has 0 fully saturated rings. The van der Waals surface area contributed by atoms with Crippen LogP contribution in [0.2, 0.25) is 0 Å². The van der Waals surface area contributed by atoms with Crippen LogP contribution >= 0.6 is 11.3 Å². The van der Waals surface area contributed by atoms with Crippen molar-refractivity contribution in [2.75, 3.05) is 5.32 Å². The number of amides is 1. The summed E-state index contributed by atoms with van der Waals surface area (Å²) in [4.78, 5) is 17.7. The maximum absolute atomic E-state index is 12.6. The summed E-state index contributed by atoms with van der Waals surface area (Å²) in [6.07, 6.45) is 1.52. The molecule has 0 aliphatic carbocycles. The second-order valence-electron chi connectivity index (χ2n) is 5.90. The fraction of sp³-hybridized carbons (Fsp3) is 0.167. The van der Waals surface area contributed by atoms with E-state index in [4.69, 9.17) is 4.42 Å². The molecule has 0 bridgehead atoms. The highest BCUT2D eigenvalue weighted by Gasteiger charge is 2.19. The summed E-state index contributed by atoms with van der Waals surface area (Å²) in [7, 11) is 0. The van der Waals surface area contributed by atoms with E-state index in [-0.39, 0.29) is 11.9 Å². The van der Waals surface area contributed by atoms with Gasteiger partial charge in [-0.1, -0.05) is 23.3 Å². The van der Waals surface area contributed by atoms with E-state index in [1.54, 1.807) is 4.68 Å². The largest absolute Gasteiger partial charge is 0.402 e. The third kappa shape index (κ3) is 3.24. The summed E-state index contributed by atoms with van der Waals surface area (Å²) in [5, 5.41) is 15.7. The van der Waals surface area contributed by atoms with E-state index in [0.29, 0.717) is 17.1 Å². The molecule has 0 atom stereocenters. The van der Waals surface area contributed by atoms with E-state index in [0.717, 1.165) is 21.3 Å². The molecule has 9 heteroatoms. The van der Waals surface area contributed by atoms with Gasteiger partial charge >= 0.3 is 6.01 Å². The van der Waals surface area contributed by atoms with E-state index in [9.17, 15) is 4.79 Å². The molecular formula is C18H16N6O2S. The van der Waals surface area contributed by atoms with Crippen molar-refractivity contribution in [2.45, 2.75) is 20.8 Å². The van der Waals surface area contributed by atoms with Gasteiger partial charge in [0.2, 0.25) is 0 Å². The predicted molar refractivity (Wildman–Crippen MR) is 101 cm³/mol. The Labute approximate surface area is 158 Å². The molecule has 1 aromatic carbocycles. The van der Waals surface area contributed by atoms with Crippen molar-refractivity contribution < 1.29 is 9.21 Å². The van der Waals surface area contributed by atoms with Crippen LogP contribution in [0.1, 0.15) is 26.8 Å². The minimum atomic E-state index is -0.359. The number of rotatable bonds is 4. The first kappa shape index (κ1) is 17.1. The van der Waals surface area contributed by atoms with Crippen LogP contribution in [0.25, 0.3) is 16.5 Å². The number of hydrogen-bond acceptors (Lipinski definition) is 7. The van der Waals surface area contributed by atoms with Gasteiger partial charge in [0.25, 0.3) is 11.8 Å². The fourth-order valence-electron chi connectivity index (χ4n) is 2.72. The van der Waals surface area contributed by atoms with Gasteiger partial charge in [-0.25, -0.2) is 9.67 Å². The molecular weight excluding hydrogens is 364 g/mol. The molecule has 8 nitrogen and oxygen atoms in total. The lowest BCUT2D eigenvalue weighted by molar-refractivity contribution is 0.102. The van der Waals surface area contributed by atoms with Crippen LogP contribution in [0.4, 0.5) is 6.01 Å². The van der Waals surface area contributed by atoms with Gasteiger partial charge < -0.3 is 4.42 Å². The number of aromatic nitrogens is 5. The molecule has 3 heterocycles. The van der Waals surface area contributed by atoms with Gasteiger partial charge in [0.15, 0.2) is 0 Å². The zero-order valence-corrected chi connectivity index (χ0v) is 15.7. The molecule has 0 saturated carbocycles. The lowest BCUT2D eigenvalue weighted by Crippen LogP contribution is -2.13. The third-order valence-corrected chi connectivity index (χ3v) is 5.06. The molecule has 0 aliphatic rings. The lowest BCUT2D eigenvalue weighted by Gasteiger charge is -2.04. The van der Waals surface area contributed by atoms with Crippen LogP contribution in [-0.4, -0.2) is 30.9 Å². The Bertz CT molecular complexity index is 1110. The minimum Gasteiger partial charge on any atom is -0.402 e. The van der Waals surface area contributed by atoms with Crippen LogP contribution in [0.3, 0.4) is 0 Å². The van der Waals surface area contributed by atoms with Crippen molar-refractivity contribution in [2.24, 2.45) is 0 Å². The van der Waals surface area contributed by atoms with Gasteiger partial charge in [-0.15, -0.1) is 16.4 Å². The smallest absolute Gasteiger partial charge is 0.322 e. The molecule has 0 spiro atoms. The monoisotopic (exact) mass is 380 g/mol. The maximum atomic E-state index is 12.6. The van der Waals surface area contributed by atoms with Crippen LogP contribution in [0, 0.1) is 20.8 Å². The molecule has 0 unspecified atom stereocenters. The summed E-state index contributed by atoms with van der Waals surface area (Å²) in [5.74, 6) is -0.0211. The van der Waals surface area contributed by atoms with Gasteiger partial charge in [-0.05, 0) is 32.9 Å². The van der Waals surface area contributed by atoms with Gasteiger partial charge in [-0.2, -0.15) is 5.10 Å². The molecule has 0 aliphatic heterocycles. The summed E-state index contributed by atoms with van der Waals surface area (Å²) < 4.78 is 7.28. The number of nitrogens with zero attached hydrogens (tertiary/aromatic N) is 5. The minimum absolute atomic E-state index is 0.0346. The number of carbonyl (C=O) groups excluding carboxylic acids is 1. The van der Waals surface area contributed by atoms with Crippen molar-refractivity contribution in [1.29, 1.82) is 0 Å². The summed E-state index contributed by atoms with van der Waals surface area (Å²) >= 11 is 1.47. The predicted octanol–water partition coefficient (Wildman–Crippen LogP) is 3.56. The van der Waals surface area contributed by atoms with Crippen molar-refractivity contribution >= 4 is 23.3 Å². The SMILES string of the molecule is Cc1nc(C)c(-c2nnc(NC(=O)c3cnn(-c4ccccc4)c3C)o2)s1. The topological polar surface area (TPSA) is 98.7 Å². The number of hydrogen-bond donors (Lipinski definition) is 1. The summed E-state index contributed by atoms with van der Waals surface area (Å²) in [6, 6.07) is 9.64. The number of thiazole rings is 1. The zero-order chi connectivity index (χ0) is 19.0. The Morgan fingerprint density at radius 2 is 1.93 bits per heavy atom. The molecule has 1 N–H and O–H groups in total. The normalized spacial score (nSPS) is 10.9. The number of carbonyl (C=O) groups is 1. The Morgan fingerprint density at radius 3 is 2.63 bits per heavy atom. The van der Waals surface area contributed by atoms with Crippen LogP contribution in [-0.2, 0) is 0 Å². The van der Waals surface area contributed by atoms with E-state index in [2.05, 4.69) is 25.6 Å². The maximum Gasteiger partial charge on any atom is 0.322 e. The summed E-state index contributed by atoms with van der Waals surface area (Å²) in [6.45, 7) is 5.62. The molecule has 4 rings (SSSR count). The number of benzene rings is 1. The van der Waals surface area contributed by atoms with E-state index in [1.165, 1.54) is 17.5 Å². The Balaban J connectivity index is 1.55. The molecule has 1 amide bonds. The first-order valence-corrected chi connectivity index (χ1v) is 9.04. The molecule has 4 aromatic rings. The standard InChI is InChI=1S/C18H16N6O2S/c1-10-15(27-12(3)20-10)17-22-23-18(26-17)21-16(25)14-9-19-24(11(14)2)13-7-5-4-6-8-13/h4-9H,1-3H3,(H,21,23,25). The molecule has 0 saturated heterocycles. The quantitative estimate of drug-likeness (QED) is 0.581. The molecule has 27 heavy (non-hydrogen) atoms. The highest BCUT2D eigenvalue weighted by Crippen LogP contribution is 2.29. The number of aryl methyl sites for hydroxylation is 2. The second kappa shape index (κ2) is 6.76. The molecule has 0 radical (unpaired) electrons. The summed E-state index contributed by atoms with van der Waals surface area (Å²) in [5.41, 5.74) is 2.85. The van der Waals surface area contributed by atoms with Gasteiger partial charge in [-0.3, -0.25) is 10.1 Å². The molecule has 136 valence electrons. The van der Waals surface area contributed by atoms with E-state index >= 15 is 0 Å². The van der Waals surface area contributed by atoms with Crippen molar-refractivity contribution in [3.63, 3.8) is 0 Å². The zero-order valence-electron chi connectivity index (χ0n) is 14.9. The first-order valence-electron chi connectivity index (χ1n) is 8.22. The van der Waals surface area contributed by atoms with E-state index < -0.39 is 0 Å². The second-order valence-corrected chi connectivity index (χ2v) is 7.11. The van der Waals surface area contributed by atoms with Crippen LogP contribution in [0.5, 0.6) is 0 Å². The average molecular weight is 380 g/mol. The van der Waals surface area contributed by atoms with Crippen molar-refractivity contribution in [3.05, 3.63) is 58.5 Å². The van der Waals surface area contributed by atoms with Crippen molar-refractivity contribution in [1.82, 2.24) is 25.0 Å². The number of nitrogens with one attached hydrogen (secondary N) is 1. The Morgan fingerprint density at radius 1 is 1.15 bits per heavy atom. The average Bonchev–Trinajstić information content (AvgIpc) is 3.34. The number of anilines is 1. The van der Waals surface area contributed by atoms with Gasteiger partial charge in [0.05, 0.1) is 33.8 Å². The van der Waals surface area contributed by atoms with Crippen LogP contribution in [0.15, 0.2) is 40.9 Å². The van der Waals surface area contributed by atoms with E-state index in [1.807, 2.05) is 51.1 Å². The Kier molecular flexibility index (Phi) is 4.28. The molecule has 3 aromatic heterocycles. The van der Waals surface area contributed by atoms with Gasteiger partial charge in [0.1, 0.15) is 4.88 Å². The van der Waals surface area contributed by atoms with Crippen LogP contribution < -0.4 is 5.32 Å². The first-order chi connectivity index (χ1) is 13.0. The highest BCUT2D eigenvalue weighted by molar-refractivity contribution is 7.15. The Hall–Kier alpha value is -3.33. The third-order valence-electron chi connectivity index (χ3n) is 4.00. The lowest BCUT2D eigenvalue weighted by atomic mass is 10.2. The fourth-order valence-corrected chi connectivity index (χ4v) is 3.56. The van der Waals surface area contributed by atoms with Gasteiger partial charge in [0, 0.05) is 0 Å². The van der Waals surface area contributed by atoms with Crippen molar-refractivity contribution in [3.8, 4) is 16.5 Å².